The highest BCUT2D eigenvalue weighted by Gasteiger charge is 2.31. The lowest BCUT2D eigenvalue weighted by atomic mass is 10.2. The molecule has 0 radical (unpaired) electrons. The van der Waals surface area contributed by atoms with Gasteiger partial charge in [-0.2, -0.15) is 10.4 Å². The van der Waals surface area contributed by atoms with Crippen molar-refractivity contribution in [2.75, 3.05) is 6.01 Å². The minimum atomic E-state index is -0.516. The monoisotopic (exact) mass is 211 g/mol. The Morgan fingerprint density at radius 2 is 2.43 bits per heavy atom. The average molecular weight is 211 g/mol. The Hall–Kier alpha value is -1.02. The first-order valence-electron chi connectivity index (χ1n) is 4.43. The maximum atomic E-state index is 12.2. The molecule has 0 spiro atoms. The summed E-state index contributed by atoms with van der Waals surface area (Å²) in [7, 11) is 1.75. The minimum Gasteiger partial charge on any atom is -0.260 e. The van der Waals surface area contributed by atoms with E-state index in [1.807, 2.05) is 0 Å². The number of nitriles is 1. The molecule has 1 aliphatic rings. The van der Waals surface area contributed by atoms with E-state index in [9.17, 15) is 4.39 Å². The lowest BCUT2D eigenvalue weighted by molar-refractivity contribution is 0.601. The van der Waals surface area contributed by atoms with Gasteiger partial charge in [-0.3, -0.25) is 4.68 Å². The van der Waals surface area contributed by atoms with E-state index in [2.05, 4.69) is 11.2 Å². The molecule has 1 aromatic rings. The Bertz CT molecular complexity index is 389. The maximum absolute atomic E-state index is 12.2. The van der Waals surface area contributed by atoms with E-state index >= 15 is 0 Å². The van der Waals surface area contributed by atoms with Gasteiger partial charge in [0.1, 0.15) is 22.7 Å². The molecular weight excluding hydrogens is 201 g/mol. The van der Waals surface area contributed by atoms with Gasteiger partial charge in [-0.05, 0) is 12.8 Å². The van der Waals surface area contributed by atoms with E-state index in [-0.39, 0.29) is 0 Å². The molecule has 0 bridgehead atoms. The van der Waals surface area contributed by atoms with Gasteiger partial charge in [-0.25, -0.2) is 4.39 Å². The zero-order valence-electron chi connectivity index (χ0n) is 7.83. The van der Waals surface area contributed by atoms with Crippen LogP contribution < -0.4 is 0 Å². The van der Waals surface area contributed by atoms with Crippen molar-refractivity contribution in [2.45, 2.75) is 23.8 Å². The van der Waals surface area contributed by atoms with Gasteiger partial charge >= 0.3 is 0 Å². The molecule has 3 nitrogen and oxygen atoms in total. The number of aromatic nitrogens is 2. The van der Waals surface area contributed by atoms with Crippen LogP contribution in [0.15, 0.2) is 5.03 Å². The Labute approximate surface area is 85.9 Å². The Balaban J connectivity index is 2.42. The van der Waals surface area contributed by atoms with E-state index in [1.165, 1.54) is 0 Å². The summed E-state index contributed by atoms with van der Waals surface area (Å²) in [6.45, 7) is 0. The van der Waals surface area contributed by atoms with Crippen LogP contribution in [0, 0.1) is 11.3 Å². The zero-order chi connectivity index (χ0) is 10.1. The van der Waals surface area contributed by atoms with Crippen molar-refractivity contribution in [1.82, 2.24) is 9.78 Å². The molecule has 2 rings (SSSR count). The van der Waals surface area contributed by atoms with Crippen molar-refractivity contribution in [1.29, 1.82) is 5.26 Å². The summed E-state index contributed by atoms with van der Waals surface area (Å²) in [5, 5.41) is 13.9. The van der Waals surface area contributed by atoms with Crippen molar-refractivity contribution in [2.24, 2.45) is 7.05 Å². The molecule has 0 atom stereocenters. The first kappa shape index (κ1) is 9.53. The van der Waals surface area contributed by atoms with Gasteiger partial charge in [-0.15, -0.1) is 0 Å². The fourth-order valence-electron chi connectivity index (χ4n) is 1.49. The van der Waals surface area contributed by atoms with Crippen LogP contribution in [-0.2, 0) is 7.05 Å². The molecule has 74 valence electrons. The van der Waals surface area contributed by atoms with Crippen LogP contribution in [0.4, 0.5) is 4.39 Å². The summed E-state index contributed by atoms with van der Waals surface area (Å²) in [6.07, 6.45) is 2.21. The van der Waals surface area contributed by atoms with Crippen molar-refractivity contribution in [3.63, 3.8) is 0 Å². The minimum absolute atomic E-state index is 0.435. The molecule has 1 fully saturated rings. The summed E-state index contributed by atoms with van der Waals surface area (Å²) in [6, 6.07) is 1.60. The third kappa shape index (κ3) is 1.50. The molecule has 1 aliphatic carbocycles. The van der Waals surface area contributed by atoms with E-state index in [1.54, 1.807) is 11.7 Å². The summed E-state index contributed by atoms with van der Waals surface area (Å²) in [4.78, 5) is 0. The van der Waals surface area contributed by atoms with Gasteiger partial charge in [0.2, 0.25) is 0 Å². The lowest BCUT2D eigenvalue weighted by Crippen LogP contribution is -1.92. The second-order valence-corrected chi connectivity index (χ2v) is 4.22. The van der Waals surface area contributed by atoms with Crippen LogP contribution in [0.1, 0.15) is 30.0 Å². The highest BCUT2D eigenvalue weighted by molar-refractivity contribution is 7.99. The number of aryl methyl sites for hydroxylation is 1. The zero-order valence-corrected chi connectivity index (χ0v) is 8.64. The average Bonchev–Trinajstić information content (AvgIpc) is 2.95. The topological polar surface area (TPSA) is 41.6 Å². The van der Waals surface area contributed by atoms with Crippen LogP contribution in [-0.4, -0.2) is 15.8 Å². The molecule has 1 heterocycles. The van der Waals surface area contributed by atoms with E-state index in [4.69, 9.17) is 5.26 Å². The summed E-state index contributed by atoms with van der Waals surface area (Å²) >= 11 is 1.03. The van der Waals surface area contributed by atoms with E-state index in [0.717, 1.165) is 30.3 Å². The van der Waals surface area contributed by atoms with Gasteiger partial charge in [0, 0.05) is 13.0 Å². The molecule has 5 heteroatoms. The number of halogens is 1. The Kier molecular flexibility index (Phi) is 2.46. The Morgan fingerprint density at radius 1 is 1.71 bits per heavy atom. The molecule has 1 aromatic heterocycles. The van der Waals surface area contributed by atoms with E-state index in [0.29, 0.717) is 16.5 Å². The van der Waals surface area contributed by atoms with Crippen molar-refractivity contribution in [3.8, 4) is 6.07 Å². The second kappa shape index (κ2) is 3.62. The van der Waals surface area contributed by atoms with Crippen molar-refractivity contribution in [3.05, 3.63) is 11.3 Å². The molecule has 0 aliphatic heterocycles. The van der Waals surface area contributed by atoms with Crippen LogP contribution >= 0.6 is 11.8 Å². The highest BCUT2D eigenvalue weighted by atomic mass is 32.2. The summed E-state index contributed by atoms with van der Waals surface area (Å²) in [5.74, 6) is 0.435. The van der Waals surface area contributed by atoms with Crippen LogP contribution in [0.25, 0.3) is 0 Å². The standard InChI is InChI=1S/C9H10FN3S/c1-13-9(14-5-10)7(4-11)8(12-13)6-2-3-6/h6H,2-3,5H2,1H3. The molecule has 0 amide bonds. The quantitative estimate of drug-likeness (QED) is 0.720. The molecule has 0 unspecified atom stereocenters. The smallest absolute Gasteiger partial charge is 0.141 e. The number of hydrogen-bond donors (Lipinski definition) is 0. The van der Waals surface area contributed by atoms with Gasteiger partial charge in [-0.1, -0.05) is 11.8 Å². The number of alkyl halides is 1. The highest BCUT2D eigenvalue weighted by Crippen LogP contribution is 2.42. The summed E-state index contributed by atoms with van der Waals surface area (Å²) in [5.41, 5.74) is 1.42. The normalized spacial score (nSPS) is 15.5. The largest absolute Gasteiger partial charge is 0.260 e. The SMILES string of the molecule is Cn1nc(C2CC2)c(C#N)c1SCF. The molecule has 0 N–H and O–H groups in total. The van der Waals surface area contributed by atoms with Crippen LogP contribution in [0.2, 0.25) is 0 Å². The van der Waals surface area contributed by atoms with Gasteiger partial charge in [0.05, 0.1) is 5.69 Å². The molecule has 14 heavy (non-hydrogen) atoms. The molecular formula is C9H10FN3S. The lowest BCUT2D eigenvalue weighted by Gasteiger charge is -1.96. The van der Waals surface area contributed by atoms with Crippen LogP contribution in [0.5, 0.6) is 0 Å². The first-order valence-corrected chi connectivity index (χ1v) is 5.42. The molecule has 1 saturated carbocycles. The molecule has 0 aromatic carbocycles. The van der Waals surface area contributed by atoms with E-state index < -0.39 is 6.01 Å². The predicted octanol–water partition coefficient (Wildman–Crippen LogP) is 2.19. The van der Waals surface area contributed by atoms with Crippen molar-refractivity contribution >= 4 is 11.8 Å². The number of nitrogens with zero attached hydrogens (tertiary/aromatic N) is 3. The fourth-order valence-corrected chi connectivity index (χ4v) is 2.12. The molecule has 0 saturated heterocycles. The van der Waals surface area contributed by atoms with Gasteiger partial charge < -0.3 is 0 Å². The third-order valence-corrected chi connectivity index (χ3v) is 3.14. The van der Waals surface area contributed by atoms with Gasteiger partial charge in [0.15, 0.2) is 0 Å². The van der Waals surface area contributed by atoms with Crippen LogP contribution in [0.3, 0.4) is 0 Å². The Morgan fingerprint density at radius 3 is 2.93 bits per heavy atom. The van der Waals surface area contributed by atoms with Gasteiger partial charge in [0.25, 0.3) is 0 Å². The fraction of sp³-hybridized carbons (Fsp3) is 0.556. The van der Waals surface area contributed by atoms with Crippen molar-refractivity contribution < 1.29 is 4.39 Å². The predicted molar refractivity (Wildman–Crippen MR) is 51.7 cm³/mol. The number of hydrogen-bond acceptors (Lipinski definition) is 3. The third-order valence-electron chi connectivity index (χ3n) is 2.29. The summed E-state index contributed by atoms with van der Waals surface area (Å²) < 4.78 is 13.8. The number of thioether (sulfide) groups is 1. The number of rotatable bonds is 3. The first-order chi connectivity index (χ1) is 6.77. The maximum Gasteiger partial charge on any atom is 0.141 e. The second-order valence-electron chi connectivity index (χ2n) is 3.33.